The van der Waals surface area contributed by atoms with Crippen LogP contribution in [0, 0.1) is 12.8 Å². The Kier molecular flexibility index (Phi) is 6.48. The highest BCUT2D eigenvalue weighted by molar-refractivity contribution is 5.76. The van der Waals surface area contributed by atoms with Gasteiger partial charge in [0.05, 0.1) is 0 Å². The molecule has 24 heavy (non-hydrogen) atoms. The zero-order valence-electron chi connectivity index (χ0n) is 14.3. The second kappa shape index (κ2) is 8.81. The first-order valence-electron chi connectivity index (χ1n) is 8.07. The molecule has 0 aromatic carbocycles. The van der Waals surface area contributed by atoms with Gasteiger partial charge in [-0.2, -0.15) is 0 Å². The predicted molar refractivity (Wildman–Crippen MR) is 95.2 cm³/mol. The van der Waals surface area contributed by atoms with Crippen molar-refractivity contribution >= 4 is 23.4 Å². The number of carbonyl (C=O) groups is 1. The van der Waals surface area contributed by atoms with Gasteiger partial charge < -0.3 is 16.0 Å². The van der Waals surface area contributed by atoms with Crippen LogP contribution in [0.2, 0.25) is 0 Å². The molecule has 0 aliphatic carbocycles. The minimum Gasteiger partial charge on any atom is -0.368 e. The van der Waals surface area contributed by atoms with Gasteiger partial charge >= 0.3 is 0 Å². The van der Waals surface area contributed by atoms with E-state index in [1.165, 1.54) is 0 Å². The Labute approximate surface area is 142 Å². The van der Waals surface area contributed by atoms with E-state index in [2.05, 4.69) is 30.9 Å². The van der Waals surface area contributed by atoms with Crippen LogP contribution in [0.5, 0.6) is 0 Å². The summed E-state index contributed by atoms with van der Waals surface area (Å²) < 4.78 is 0. The Bertz CT molecular complexity index is 659. The normalized spacial score (nSPS) is 10.5. The van der Waals surface area contributed by atoms with Crippen LogP contribution in [-0.2, 0) is 4.79 Å². The summed E-state index contributed by atoms with van der Waals surface area (Å²) in [5.74, 6) is 3.20. The standard InChI is InChI=1S/C17H24N6O/c1-12(2)10-17(24)20-9-8-19-15-11-16(22-13(3)21-15)23-14-6-4-5-7-18-14/h4-7,11-12H,8-10H2,1-3H3,(H,20,24)(H2,18,19,21,22,23). The van der Waals surface area contributed by atoms with E-state index in [9.17, 15) is 4.79 Å². The first kappa shape index (κ1) is 17.7. The van der Waals surface area contributed by atoms with Crippen LogP contribution < -0.4 is 16.0 Å². The van der Waals surface area contributed by atoms with Crippen molar-refractivity contribution in [2.45, 2.75) is 27.2 Å². The van der Waals surface area contributed by atoms with E-state index < -0.39 is 0 Å². The fourth-order valence-electron chi connectivity index (χ4n) is 2.13. The molecule has 0 unspecified atom stereocenters. The summed E-state index contributed by atoms with van der Waals surface area (Å²) in [6.07, 6.45) is 2.26. The number of amides is 1. The molecular formula is C17H24N6O. The number of nitrogens with one attached hydrogen (secondary N) is 3. The third-order valence-corrected chi connectivity index (χ3v) is 3.11. The lowest BCUT2D eigenvalue weighted by Crippen LogP contribution is -2.29. The first-order valence-corrected chi connectivity index (χ1v) is 8.07. The number of rotatable bonds is 8. The van der Waals surface area contributed by atoms with Crippen molar-refractivity contribution < 1.29 is 4.79 Å². The van der Waals surface area contributed by atoms with Gasteiger partial charge in [-0.05, 0) is 25.0 Å². The van der Waals surface area contributed by atoms with Crippen LogP contribution in [0.4, 0.5) is 17.5 Å². The molecule has 0 atom stereocenters. The third kappa shape index (κ3) is 6.20. The maximum atomic E-state index is 11.6. The fraction of sp³-hybridized carbons (Fsp3) is 0.412. The van der Waals surface area contributed by atoms with Gasteiger partial charge in [-0.1, -0.05) is 19.9 Å². The lowest BCUT2D eigenvalue weighted by molar-refractivity contribution is -0.121. The summed E-state index contributed by atoms with van der Waals surface area (Å²) in [5, 5.41) is 9.22. The topological polar surface area (TPSA) is 91.8 Å². The Morgan fingerprint density at radius 1 is 1.12 bits per heavy atom. The molecule has 0 saturated heterocycles. The van der Waals surface area contributed by atoms with E-state index >= 15 is 0 Å². The largest absolute Gasteiger partial charge is 0.368 e. The van der Waals surface area contributed by atoms with Crippen molar-refractivity contribution in [2.24, 2.45) is 5.92 Å². The SMILES string of the molecule is Cc1nc(NCCNC(=O)CC(C)C)cc(Nc2ccccn2)n1. The number of aromatic nitrogens is 3. The third-order valence-electron chi connectivity index (χ3n) is 3.11. The number of carbonyl (C=O) groups excluding carboxylic acids is 1. The molecule has 0 bridgehead atoms. The van der Waals surface area contributed by atoms with E-state index in [0.29, 0.717) is 42.9 Å². The minimum absolute atomic E-state index is 0.0724. The molecule has 2 rings (SSSR count). The van der Waals surface area contributed by atoms with E-state index in [0.717, 1.165) is 5.82 Å². The summed E-state index contributed by atoms with van der Waals surface area (Å²) in [4.78, 5) is 24.5. The van der Waals surface area contributed by atoms with Gasteiger partial charge in [0.1, 0.15) is 23.3 Å². The molecule has 2 aromatic rings. The molecule has 0 saturated carbocycles. The van der Waals surface area contributed by atoms with E-state index in [4.69, 9.17) is 0 Å². The van der Waals surface area contributed by atoms with Gasteiger partial charge in [0.2, 0.25) is 5.91 Å². The zero-order chi connectivity index (χ0) is 17.4. The average Bonchev–Trinajstić information content (AvgIpc) is 2.51. The fourth-order valence-corrected chi connectivity index (χ4v) is 2.13. The second-order valence-corrected chi connectivity index (χ2v) is 5.90. The maximum Gasteiger partial charge on any atom is 0.220 e. The monoisotopic (exact) mass is 328 g/mol. The Morgan fingerprint density at radius 3 is 2.62 bits per heavy atom. The molecule has 2 aromatic heterocycles. The summed E-state index contributed by atoms with van der Waals surface area (Å²) in [6, 6.07) is 7.45. The van der Waals surface area contributed by atoms with Crippen molar-refractivity contribution in [1.82, 2.24) is 20.3 Å². The molecule has 3 N–H and O–H groups in total. The average molecular weight is 328 g/mol. The van der Waals surface area contributed by atoms with Crippen LogP contribution >= 0.6 is 0 Å². The van der Waals surface area contributed by atoms with E-state index in [-0.39, 0.29) is 5.91 Å². The first-order chi connectivity index (χ1) is 11.5. The summed E-state index contributed by atoms with van der Waals surface area (Å²) in [5.41, 5.74) is 0. The smallest absolute Gasteiger partial charge is 0.220 e. The van der Waals surface area contributed by atoms with Gasteiger partial charge in [-0.15, -0.1) is 0 Å². The van der Waals surface area contributed by atoms with E-state index in [1.54, 1.807) is 6.20 Å². The number of nitrogens with zero attached hydrogens (tertiary/aromatic N) is 3. The number of hydrogen-bond acceptors (Lipinski definition) is 6. The van der Waals surface area contributed by atoms with Gasteiger partial charge in [0.25, 0.3) is 0 Å². The van der Waals surface area contributed by atoms with Crippen LogP contribution in [-0.4, -0.2) is 33.9 Å². The Hall–Kier alpha value is -2.70. The molecule has 0 aliphatic rings. The van der Waals surface area contributed by atoms with Crippen molar-refractivity contribution in [1.29, 1.82) is 0 Å². The van der Waals surface area contributed by atoms with Crippen LogP contribution in [0.25, 0.3) is 0 Å². The molecule has 0 radical (unpaired) electrons. The molecule has 0 aliphatic heterocycles. The molecular weight excluding hydrogens is 304 g/mol. The van der Waals surface area contributed by atoms with Crippen molar-refractivity contribution in [3.63, 3.8) is 0 Å². The molecule has 0 spiro atoms. The minimum atomic E-state index is 0.0724. The Morgan fingerprint density at radius 2 is 1.92 bits per heavy atom. The van der Waals surface area contributed by atoms with Crippen molar-refractivity contribution in [3.05, 3.63) is 36.3 Å². The number of pyridine rings is 1. The van der Waals surface area contributed by atoms with Crippen LogP contribution in [0.3, 0.4) is 0 Å². The van der Waals surface area contributed by atoms with Crippen molar-refractivity contribution in [2.75, 3.05) is 23.7 Å². The lowest BCUT2D eigenvalue weighted by Gasteiger charge is -2.11. The number of hydrogen-bond donors (Lipinski definition) is 3. The highest BCUT2D eigenvalue weighted by Crippen LogP contribution is 2.15. The maximum absolute atomic E-state index is 11.6. The highest BCUT2D eigenvalue weighted by Gasteiger charge is 2.05. The Balaban J connectivity index is 1.86. The lowest BCUT2D eigenvalue weighted by atomic mass is 10.1. The quantitative estimate of drug-likeness (QED) is 0.645. The van der Waals surface area contributed by atoms with Crippen molar-refractivity contribution in [3.8, 4) is 0 Å². The van der Waals surface area contributed by atoms with Gasteiger partial charge in [-0.25, -0.2) is 15.0 Å². The molecule has 128 valence electrons. The molecule has 2 heterocycles. The van der Waals surface area contributed by atoms with Crippen LogP contribution in [0.1, 0.15) is 26.1 Å². The van der Waals surface area contributed by atoms with Gasteiger partial charge in [0.15, 0.2) is 0 Å². The van der Waals surface area contributed by atoms with Gasteiger partial charge in [0, 0.05) is 31.8 Å². The summed E-state index contributed by atoms with van der Waals surface area (Å²) >= 11 is 0. The van der Waals surface area contributed by atoms with E-state index in [1.807, 2.05) is 45.0 Å². The van der Waals surface area contributed by atoms with Gasteiger partial charge in [-0.3, -0.25) is 4.79 Å². The van der Waals surface area contributed by atoms with Crippen LogP contribution in [0.15, 0.2) is 30.5 Å². The molecule has 1 amide bonds. The highest BCUT2D eigenvalue weighted by atomic mass is 16.1. The number of anilines is 3. The molecule has 7 nitrogen and oxygen atoms in total. The molecule has 0 fully saturated rings. The second-order valence-electron chi connectivity index (χ2n) is 5.90. The summed E-state index contributed by atoms with van der Waals surface area (Å²) in [6.45, 7) is 7.04. The molecule has 7 heteroatoms. The predicted octanol–water partition coefficient (Wildman–Crippen LogP) is 2.50. The zero-order valence-corrected chi connectivity index (χ0v) is 14.3. The summed E-state index contributed by atoms with van der Waals surface area (Å²) in [7, 11) is 0. The number of aryl methyl sites for hydroxylation is 1.